The van der Waals surface area contributed by atoms with E-state index in [1.54, 1.807) is 14.2 Å². The number of rotatable bonds is 2. The number of benzene rings is 1. The molecule has 1 aromatic carbocycles. The SMILES string of the molecule is COc1ccc(OC)c2c1CCCN(C)C2. The number of hydrogen-bond donors (Lipinski definition) is 0. The Morgan fingerprint density at radius 2 is 1.69 bits per heavy atom. The standard InChI is InChI=1S/C13H19NO2/c1-14-8-4-5-10-11(9-14)13(16-3)7-6-12(10)15-2/h6-7H,4-5,8-9H2,1-3H3. The molecule has 0 saturated heterocycles. The maximum Gasteiger partial charge on any atom is 0.123 e. The number of hydrogen-bond acceptors (Lipinski definition) is 3. The van der Waals surface area contributed by atoms with Crippen LogP contribution < -0.4 is 9.47 Å². The zero-order valence-corrected chi connectivity index (χ0v) is 10.2. The van der Waals surface area contributed by atoms with E-state index >= 15 is 0 Å². The molecule has 1 aromatic rings. The van der Waals surface area contributed by atoms with Crippen LogP contribution in [0.4, 0.5) is 0 Å². The lowest BCUT2D eigenvalue weighted by atomic mass is 10.0. The number of fused-ring (bicyclic) bond motifs is 1. The molecule has 0 saturated carbocycles. The lowest BCUT2D eigenvalue weighted by Crippen LogP contribution is -2.17. The second-order valence-electron chi connectivity index (χ2n) is 4.27. The highest BCUT2D eigenvalue weighted by Crippen LogP contribution is 2.33. The Kier molecular flexibility index (Phi) is 3.34. The van der Waals surface area contributed by atoms with E-state index in [0.29, 0.717) is 0 Å². The molecule has 0 bridgehead atoms. The van der Waals surface area contributed by atoms with Crippen molar-refractivity contribution in [2.45, 2.75) is 19.4 Å². The van der Waals surface area contributed by atoms with Crippen LogP contribution in [-0.2, 0) is 13.0 Å². The van der Waals surface area contributed by atoms with E-state index in [1.807, 2.05) is 12.1 Å². The molecule has 0 aromatic heterocycles. The first kappa shape index (κ1) is 11.3. The Labute approximate surface area is 97.0 Å². The van der Waals surface area contributed by atoms with Gasteiger partial charge in [-0.1, -0.05) is 0 Å². The highest BCUT2D eigenvalue weighted by atomic mass is 16.5. The van der Waals surface area contributed by atoms with Gasteiger partial charge in [-0.3, -0.25) is 0 Å². The molecular formula is C13H19NO2. The summed E-state index contributed by atoms with van der Waals surface area (Å²) in [6.07, 6.45) is 2.24. The van der Waals surface area contributed by atoms with Crippen LogP contribution in [0.1, 0.15) is 17.5 Å². The van der Waals surface area contributed by atoms with Crippen LogP contribution in [0, 0.1) is 0 Å². The highest BCUT2D eigenvalue weighted by molar-refractivity contribution is 5.49. The van der Waals surface area contributed by atoms with E-state index in [-0.39, 0.29) is 0 Å². The van der Waals surface area contributed by atoms with Gasteiger partial charge in [-0.25, -0.2) is 0 Å². The van der Waals surface area contributed by atoms with Crippen molar-refractivity contribution in [3.05, 3.63) is 23.3 Å². The molecule has 0 spiro atoms. The van der Waals surface area contributed by atoms with E-state index < -0.39 is 0 Å². The Bertz CT molecular complexity index is 376. The Morgan fingerprint density at radius 3 is 2.31 bits per heavy atom. The predicted molar refractivity (Wildman–Crippen MR) is 64.2 cm³/mol. The zero-order chi connectivity index (χ0) is 11.5. The molecule has 0 aliphatic carbocycles. The number of methoxy groups -OCH3 is 2. The fourth-order valence-electron chi connectivity index (χ4n) is 2.35. The lowest BCUT2D eigenvalue weighted by molar-refractivity contribution is 0.323. The molecule has 0 radical (unpaired) electrons. The average molecular weight is 221 g/mol. The van der Waals surface area contributed by atoms with Crippen molar-refractivity contribution < 1.29 is 9.47 Å². The molecule has 0 amide bonds. The van der Waals surface area contributed by atoms with Crippen LogP contribution in [0.3, 0.4) is 0 Å². The van der Waals surface area contributed by atoms with Gasteiger partial charge in [0.2, 0.25) is 0 Å². The Balaban J connectivity index is 2.49. The minimum absolute atomic E-state index is 0.940. The van der Waals surface area contributed by atoms with Crippen molar-refractivity contribution in [3.63, 3.8) is 0 Å². The molecule has 3 heteroatoms. The van der Waals surface area contributed by atoms with Gasteiger partial charge in [-0.15, -0.1) is 0 Å². The van der Waals surface area contributed by atoms with Crippen LogP contribution in [-0.4, -0.2) is 32.7 Å². The van der Waals surface area contributed by atoms with Crippen LogP contribution in [0.15, 0.2) is 12.1 Å². The third kappa shape index (κ3) is 2.00. The molecule has 0 N–H and O–H groups in total. The quantitative estimate of drug-likeness (QED) is 0.763. The normalized spacial score (nSPS) is 16.4. The second-order valence-corrected chi connectivity index (χ2v) is 4.27. The van der Waals surface area contributed by atoms with E-state index in [1.165, 1.54) is 17.5 Å². The molecule has 2 rings (SSSR count). The smallest absolute Gasteiger partial charge is 0.123 e. The molecule has 16 heavy (non-hydrogen) atoms. The van der Waals surface area contributed by atoms with Crippen LogP contribution in [0.25, 0.3) is 0 Å². The largest absolute Gasteiger partial charge is 0.496 e. The maximum atomic E-state index is 5.43. The Morgan fingerprint density at radius 1 is 1.06 bits per heavy atom. The minimum Gasteiger partial charge on any atom is -0.496 e. The van der Waals surface area contributed by atoms with Gasteiger partial charge >= 0.3 is 0 Å². The van der Waals surface area contributed by atoms with Gasteiger partial charge in [0, 0.05) is 17.7 Å². The van der Waals surface area contributed by atoms with Crippen LogP contribution >= 0.6 is 0 Å². The van der Waals surface area contributed by atoms with E-state index in [4.69, 9.17) is 9.47 Å². The van der Waals surface area contributed by atoms with Crippen molar-refractivity contribution in [1.82, 2.24) is 4.90 Å². The maximum absolute atomic E-state index is 5.43. The summed E-state index contributed by atoms with van der Waals surface area (Å²) in [6, 6.07) is 4.00. The number of nitrogens with zero attached hydrogens (tertiary/aromatic N) is 1. The summed E-state index contributed by atoms with van der Waals surface area (Å²) in [7, 11) is 5.61. The molecule has 88 valence electrons. The first-order valence-corrected chi connectivity index (χ1v) is 5.67. The van der Waals surface area contributed by atoms with Gasteiger partial charge in [-0.2, -0.15) is 0 Å². The molecule has 1 heterocycles. The summed E-state index contributed by atoms with van der Waals surface area (Å²) >= 11 is 0. The number of ether oxygens (including phenoxy) is 2. The predicted octanol–water partition coefficient (Wildman–Crippen LogP) is 2.08. The summed E-state index contributed by atoms with van der Waals surface area (Å²) < 4.78 is 10.9. The topological polar surface area (TPSA) is 21.7 Å². The van der Waals surface area contributed by atoms with E-state index in [0.717, 1.165) is 31.0 Å². The summed E-state index contributed by atoms with van der Waals surface area (Å²) in [5, 5.41) is 0. The zero-order valence-electron chi connectivity index (χ0n) is 10.2. The van der Waals surface area contributed by atoms with Crippen LogP contribution in [0.2, 0.25) is 0 Å². The first-order chi connectivity index (χ1) is 7.76. The highest BCUT2D eigenvalue weighted by Gasteiger charge is 2.19. The monoisotopic (exact) mass is 221 g/mol. The average Bonchev–Trinajstić information content (AvgIpc) is 2.49. The molecule has 3 nitrogen and oxygen atoms in total. The second kappa shape index (κ2) is 4.74. The Hall–Kier alpha value is -1.22. The van der Waals surface area contributed by atoms with E-state index in [2.05, 4.69) is 11.9 Å². The van der Waals surface area contributed by atoms with Crippen LogP contribution in [0.5, 0.6) is 11.5 Å². The van der Waals surface area contributed by atoms with Gasteiger partial charge in [0.1, 0.15) is 11.5 Å². The first-order valence-electron chi connectivity index (χ1n) is 5.67. The fraction of sp³-hybridized carbons (Fsp3) is 0.538. The van der Waals surface area contributed by atoms with Gasteiger partial charge in [0.25, 0.3) is 0 Å². The lowest BCUT2D eigenvalue weighted by Gasteiger charge is -2.17. The minimum atomic E-state index is 0.940. The van der Waals surface area contributed by atoms with Gasteiger partial charge in [-0.05, 0) is 38.6 Å². The summed E-state index contributed by atoms with van der Waals surface area (Å²) in [4.78, 5) is 2.33. The van der Waals surface area contributed by atoms with Crippen molar-refractivity contribution in [1.29, 1.82) is 0 Å². The van der Waals surface area contributed by atoms with Gasteiger partial charge in [0.15, 0.2) is 0 Å². The van der Waals surface area contributed by atoms with Crippen molar-refractivity contribution in [2.24, 2.45) is 0 Å². The molecule has 0 atom stereocenters. The van der Waals surface area contributed by atoms with Crippen molar-refractivity contribution in [3.8, 4) is 11.5 Å². The summed E-state index contributed by atoms with van der Waals surface area (Å²) in [5.74, 6) is 1.97. The fourth-order valence-corrected chi connectivity index (χ4v) is 2.35. The molecular weight excluding hydrogens is 202 g/mol. The molecule has 1 aliphatic rings. The summed E-state index contributed by atoms with van der Waals surface area (Å²) in [5.41, 5.74) is 2.59. The van der Waals surface area contributed by atoms with Crippen molar-refractivity contribution in [2.75, 3.05) is 27.8 Å². The van der Waals surface area contributed by atoms with Gasteiger partial charge in [0.05, 0.1) is 14.2 Å². The van der Waals surface area contributed by atoms with E-state index in [9.17, 15) is 0 Å². The molecule has 0 unspecified atom stereocenters. The summed E-state index contributed by atoms with van der Waals surface area (Å²) in [6.45, 7) is 2.07. The molecule has 0 fully saturated rings. The van der Waals surface area contributed by atoms with Crippen molar-refractivity contribution >= 4 is 0 Å². The third-order valence-electron chi connectivity index (χ3n) is 3.18. The van der Waals surface area contributed by atoms with Gasteiger partial charge < -0.3 is 14.4 Å². The third-order valence-corrected chi connectivity index (χ3v) is 3.18. The molecule has 1 aliphatic heterocycles.